The number of anilines is 1. The molecule has 8 heteroatoms. The van der Waals surface area contributed by atoms with E-state index in [0.717, 1.165) is 17.7 Å². The van der Waals surface area contributed by atoms with Gasteiger partial charge >= 0.3 is 0 Å². The Labute approximate surface area is 145 Å². The zero-order chi connectivity index (χ0) is 18.4. The van der Waals surface area contributed by atoms with Crippen LogP contribution in [-0.4, -0.2) is 35.2 Å². The van der Waals surface area contributed by atoms with Gasteiger partial charge in [-0.1, -0.05) is 6.42 Å². The van der Waals surface area contributed by atoms with Crippen LogP contribution < -0.4 is 16.5 Å². The largest absolute Gasteiger partial charge is 0.330 e. The minimum atomic E-state index is -0.646. The molecule has 1 aromatic rings. The highest BCUT2D eigenvalue weighted by Gasteiger charge is 2.25. The molecule has 1 heterocycles. The molecule has 25 heavy (non-hydrogen) atoms. The second-order valence-corrected chi connectivity index (χ2v) is 5.56. The number of unbranched alkanes of at least 4 members (excludes halogenated alkanes) is 2. The van der Waals surface area contributed by atoms with Crippen LogP contribution in [0.3, 0.4) is 0 Å². The number of carbonyl (C=O) groups excluding carboxylic acids is 4. The number of nitrogens with zero attached hydrogens (tertiary/aromatic N) is 2. The van der Waals surface area contributed by atoms with Crippen molar-refractivity contribution in [3.05, 3.63) is 42.0 Å². The molecule has 1 aliphatic rings. The number of imide groups is 2. The van der Waals surface area contributed by atoms with Crippen LogP contribution in [0.1, 0.15) is 36.0 Å². The Morgan fingerprint density at radius 1 is 0.960 bits per heavy atom. The third-order valence-electron chi connectivity index (χ3n) is 3.76. The lowest BCUT2D eigenvalue weighted by atomic mass is 10.1. The van der Waals surface area contributed by atoms with E-state index in [-0.39, 0.29) is 12.0 Å². The molecule has 8 nitrogen and oxygen atoms in total. The Balaban J connectivity index is 1.99. The zero-order valence-electron chi connectivity index (χ0n) is 13.7. The highest BCUT2D eigenvalue weighted by atomic mass is 16.2. The fourth-order valence-corrected chi connectivity index (χ4v) is 2.38. The molecule has 132 valence electrons. The maximum absolute atomic E-state index is 12.2. The van der Waals surface area contributed by atoms with E-state index in [1.165, 1.54) is 36.4 Å². The van der Waals surface area contributed by atoms with Crippen molar-refractivity contribution in [3.63, 3.8) is 0 Å². The normalized spacial score (nSPS) is 13.4. The summed E-state index contributed by atoms with van der Waals surface area (Å²) in [5.74, 6) is 3.58. The second kappa shape index (κ2) is 8.32. The van der Waals surface area contributed by atoms with Crippen LogP contribution in [0.2, 0.25) is 0 Å². The zero-order valence-corrected chi connectivity index (χ0v) is 13.7. The predicted molar refractivity (Wildman–Crippen MR) is 91.0 cm³/mol. The lowest BCUT2D eigenvalue weighted by molar-refractivity contribution is -0.129. The molecule has 0 atom stereocenters. The Kier molecular flexibility index (Phi) is 6.15. The van der Waals surface area contributed by atoms with Crippen LogP contribution in [0.5, 0.6) is 0 Å². The Morgan fingerprint density at radius 2 is 1.56 bits per heavy atom. The van der Waals surface area contributed by atoms with E-state index in [9.17, 15) is 19.2 Å². The van der Waals surface area contributed by atoms with Gasteiger partial charge in [0.2, 0.25) is 5.91 Å². The molecule has 4 amide bonds. The number of carbonyl (C=O) groups is 4. The van der Waals surface area contributed by atoms with Crippen LogP contribution >= 0.6 is 0 Å². The van der Waals surface area contributed by atoms with Crippen LogP contribution in [0.4, 0.5) is 5.69 Å². The Hall–Kier alpha value is -2.84. The summed E-state index contributed by atoms with van der Waals surface area (Å²) in [6.45, 7) is 0.559. The smallest absolute Gasteiger partial charge is 0.274 e. The van der Waals surface area contributed by atoms with E-state index in [1.807, 2.05) is 0 Å². The van der Waals surface area contributed by atoms with E-state index in [0.29, 0.717) is 23.7 Å². The molecule has 0 spiro atoms. The molecule has 0 aliphatic carbocycles. The number of nitrogens with two attached hydrogens (primary N) is 2. The van der Waals surface area contributed by atoms with Gasteiger partial charge in [-0.25, -0.2) is 15.8 Å². The fourth-order valence-electron chi connectivity index (χ4n) is 2.38. The molecule has 1 aromatic carbocycles. The van der Waals surface area contributed by atoms with Gasteiger partial charge in [0, 0.05) is 24.1 Å². The molecule has 0 unspecified atom stereocenters. The van der Waals surface area contributed by atoms with Crippen molar-refractivity contribution in [2.75, 3.05) is 11.4 Å². The first-order valence-corrected chi connectivity index (χ1v) is 7.94. The summed E-state index contributed by atoms with van der Waals surface area (Å²) in [5, 5.41) is 0.588. The number of hydrogen-bond acceptors (Lipinski definition) is 6. The minimum Gasteiger partial charge on any atom is -0.330 e. The van der Waals surface area contributed by atoms with Gasteiger partial charge in [-0.3, -0.25) is 19.2 Å². The maximum Gasteiger partial charge on any atom is 0.274 e. The quantitative estimate of drug-likeness (QED) is 0.243. The summed E-state index contributed by atoms with van der Waals surface area (Å²) in [4.78, 5) is 48.4. The Bertz CT molecular complexity index is 694. The van der Waals surface area contributed by atoms with Crippen molar-refractivity contribution < 1.29 is 19.2 Å². The summed E-state index contributed by atoms with van der Waals surface area (Å²) in [6, 6.07) is 5.74. The molecule has 4 N–H and O–H groups in total. The van der Waals surface area contributed by atoms with Crippen LogP contribution in [0, 0.1) is 0 Å². The van der Waals surface area contributed by atoms with Crippen molar-refractivity contribution in [3.8, 4) is 0 Å². The third kappa shape index (κ3) is 4.37. The molecule has 2 rings (SSSR count). The van der Waals surface area contributed by atoms with Gasteiger partial charge in [-0.15, -0.1) is 0 Å². The topological polar surface area (TPSA) is 127 Å². The van der Waals surface area contributed by atoms with Crippen LogP contribution in [0.15, 0.2) is 36.4 Å². The maximum atomic E-state index is 12.2. The standard InChI is InChI=1S/C17H20N4O4/c18-11-3-1-2-4-16(24)21(19)17(25)12-5-7-13(8-6-12)20-14(22)9-10-15(20)23/h5-10H,1-4,11,18-19H2. The number of hydrazine groups is 1. The van der Waals surface area contributed by atoms with Crippen LogP contribution in [0.25, 0.3) is 0 Å². The summed E-state index contributed by atoms with van der Waals surface area (Å²) < 4.78 is 0. The highest BCUT2D eigenvalue weighted by Crippen LogP contribution is 2.20. The first-order chi connectivity index (χ1) is 12.0. The lowest BCUT2D eigenvalue weighted by Crippen LogP contribution is -2.42. The number of benzene rings is 1. The van der Waals surface area contributed by atoms with E-state index >= 15 is 0 Å². The molecular weight excluding hydrogens is 324 g/mol. The van der Waals surface area contributed by atoms with Crippen molar-refractivity contribution in [1.82, 2.24) is 5.01 Å². The van der Waals surface area contributed by atoms with Gasteiger partial charge in [0.1, 0.15) is 0 Å². The monoisotopic (exact) mass is 344 g/mol. The van der Waals surface area contributed by atoms with Crippen molar-refractivity contribution in [2.45, 2.75) is 25.7 Å². The van der Waals surface area contributed by atoms with Gasteiger partial charge in [-0.05, 0) is 43.7 Å². The van der Waals surface area contributed by atoms with Gasteiger partial charge in [0.15, 0.2) is 0 Å². The first kappa shape index (κ1) is 18.5. The lowest BCUT2D eigenvalue weighted by Gasteiger charge is -2.16. The summed E-state index contributed by atoms with van der Waals surface area (Å²) in [6.07, 6.45) is 4.74. The minimum absolute atomic E-state index is 0.169. The van der Waals surface area contributed by atoms with Crippen LogP contribution in [-0.2, 0) is 14.4 Å². The SMILES string of the molecule is NCCCCCC(=O)N(N)C(=O)c1ccc(N2C(=O)C=CC2=O)cc1. The summed E-state index contributed by atoms with van der Waals surface area (Å²) >= 11 is 0. The number of amides is 4. The predicted octanol–water partition coefficient (Wildman–Crippen LogP) is 0.478. The molecular formula is C17H20N4O4. The summed E-state index contributed by atoms with van der Waals surface area (Å²) in [5.41, 5.74) is 5.91. The van der Waals surface area contributed by atoms with Gasteiger partial charge in [0.05, 0.1) is 5.69 Å². The second-order valence-electron chi connectivity index (χ2n) is 5.56. The molecule has 0 saturated heterocycles. The third-order valence-corrected chi connectivity index (χ3v) is 3.76. The van der Waals surface area contributed by atoms with Crippen molar-refractivity contribution >= 4 is 29.3 Å². The van der Waals surface area contributed by atoms with Gasteiger partial charge in [0.25, 0.3) is 17.7 Å². The fraction of sp³-hybridized carbons (Fsp3) is 0.294. The molecule has 0 saturated carbocycles. The summed E-state index contributed by atoms with van der Waals surface area (Å²) in [7, 11) is 0. The number of rotatable bonds is 7. The molecule has 0 fully saturated rings. The van der Waals surface area contributed by atoms with Gasteiger partial charge in [-0.2, -0.15) is 0 Å². The van der Waals surface area contributed by atoms with Crippen molar-refractivity contribution in [1.29, 1.82) is 0 Å². The van der Waals surface area contributed by atoms with E-state index in [2.05, 4.69) is 0 Å². The first-order valence-electron chi connectivity index (χ1n) is 7.94. The highest BCUT2D eigenvalue weighted by molar-refractivity contribution is 6.28. The van der Waals surface area contributed by atoms with E-state index in [1.54, 1.807) is 0 Å². The van der Waals surface area contributed by atoms with Gasteiger partial charge < -0.3 is 5.73 Å². The average molecular weight is 344 g/mol. The average Bonchev–Trinajstić information content (AvgIpc) is 2.96. The molecule has 0 bridgehead atoms. The van der Waals surface area contributed by atoms with Crippen molar-refractivity contribution in [2.24, 2.45) is 11.6 Å². The molecule has 0 aromatic heterocycles. The van der Waals surface area contributed by atoms with E-state index in [4.69, 9.17) is 11.6 Å². The number of hydrogen-bond donors (Lipinski definition) is 2. The molecule has 1 aliphatic heterocycles. The Morgan fingerprint density at radius 3 is 2.12 bits per heavy atom. The molecule has 0 radical (unpaired) electrons. The van der Waals surface area contributed by atoms with E-state index < -0.39 is 23.6 Å².